The lowest BCUT2D eigenvalue weighted by Gasteiger charge is -2.12. The first-order valence-corrected chi connectivity index (χ1v) is 5.68. The number of rotatable bonds is 2. The van der Waals surface area contributed by atoms with Crippen molar-refractivity contribution in [1.82, 2.24) is 0 Å². The highest BCUT2D eigenvalue weighted by atomic mass is 35.5. The van der Waals surface area contributed by atoms with Gasteiger partial charge in [-0.3, -0.25) is 4.79 Å². The van der Waals surface area contributed by atoms with Crippen molar-refractivity contribution < 1.29 is 9.53 Å². The van der Waals surface area contributed by atoms with Crippen LogP contribution in [0, 0.1) is 5.92 Å². The van der Waals surface area contributed by atoms with Gasteiger partial charge in [-0.15, -0.1) is 0 Å². The van der Waals surface area contributed by atoms with Crippen LogP contribution in [0.4, 0.5) is 0 Å². The summed E-state index contributed by atoms with van der Waals surface area (Å²) in [6.07, 6.45) is 0. The molecule has 2 unspecified atom stereocenters. The van der Waals surface area contributed by atoms with Gasteiger partial charge in [0.05, 0.1) is 24.2 Å². The molecule has 2 N–H and O–H groups in total. The van der Waals surface area contributed by atoms with Crippen molar-refractivity contribution in [3.05, 3.63) is 33.8 Å². The molecular formula is C11H11Cl2NO2. The lowest BCUT2D eigenvalue weighted by Crippen LogP contribution is -2.34. The summed E-state index contributed by atoms with van der Waals surface area (Å²) in [6.45, 7) is 0.761. The SMILES string of the molecule is NC1COCC1C(=O)c1cc(Cl)ccc1Cl. The van der Waals surface area contributed by atoms with Gasteiger partial charge in [0.2, 0.25) is 0 Å². The predicted octanol–water partition coefficient (Wildman–Crippen LogP) is 2.15. The van der Waals surface area contributed by atoms with Gasteiger partial charge in [0, 0.05) is 16.6 Å². The zero-order chi connectivity index (χ0) is 11.7. The summed E-state index contributed by atoms with van der Waals surface area (Å²) >= 11 is 11.8. The van der Waals surface area contributed by atoms with E-state index in [1.165, 1.54) is 0 Å². The van der Waals surface area contributed by atoms with Gasteiger partial charge in [0.1, 0.15) is 0 Å². The fourth-order valence-electron chi connectivity index (χ4n) is 1.73. The number of halogens is 2. The molecule has 3 nitrogen and oxygen atoms in total. The second-order valence-corrected chi connectivity index (χ2v) is 4.64. The van der Waals surface area contributed by atoms with Gasteiger partial charge in [-0.05, 0) is 18.2 Å². The van der Waals surface area contributed by atoms with Gasteiger partial charge in [0.15, 0.2) is 5.78 Å². The summed E-state index contributed by atoms with van der Waals surface area (Å²) in [5.74, 6) is -0.423. The minimum absolute atomic E-state index is 0.0995. The summed E-state index contributed by atoms with van der Waals surface area (Å²) < 4.78 is 5.16. The van der Waals surface area contributed by atoms with Crippen LogP contribution in [0.2, 0.25) is 10.0 Å². The first-order valence-electron chi connectivity index (χ1n) is 4.92. The number of Topliss-reactive ketones (excluding diaryl/α,β-unsaturated/α-hetero) is 1. The Kier molecular flexibility index (Phi) is 3.50. The van der Waals surface area contributed by atoms with Gasteiger partial charge >= 0.3 is 0 Å². The maximum atomic E-state index is 12.1. The Hall–Kier alpha value is -0.610. The van der Waals surface area contributed by atoms with Crippen LogP contribution in [0.15, 0.2) is 18.2 Å². The summed E-state index contributed by atoms with van der Waals surface area (Å²) in [4.78, 5) is 12.1. The van der Waals surface area contributed by atoms with Crippen LogP contribution in [-0.4, -0.2) is 25.0 Å². The van der Waals surface area contributed by atoms with E-state index in [2.05, 4.69) is 0 Å². The third kappa shape index (κ3) is 2.23. The minimum atomic E-state index is -0.323. The van der Waals surface area contributed by atoms with Gasteiger partial charge in [-0.2, -0.15) is 0 Å². The van der Waals surface area contributed by atoms with Crippen molar-refractivity contribution >= 4 is 29.0 Å². The molecule has 0 spiro atoms. The number of carbonyl (C=O) groups is 1. The standard InChI is InChI=1S/C11H11Cl2NO2/c12-6-1-2-9(13)7(3-6)11(15)8-4-16-5-10(8)14/h1-3,8,10H,4-5,14H2. The van der Waals surface area contributed by atoms with E-state index >= 15 is 0 Å². The lowest BCUT2D eigenvalue weighted by atomic mass is 9.94. The van der Waals surface area contributed by atoms with Crippen LogP contribution >= 0.6 is 23.2 Å². The fourth-order valence-corrected chi connectivity index (χ4v) is 2.11. The van der Waals surface area contributed by atoms with E-state index in [0.717, 1.165) is 0 Å². The Morgan fingerprint density at radius 3 is 2.75 bits per heavy atom. The molecule has 0 radical (unpaired) electrons. The maximum absolute atomic E-state index is 12.1. The second-order valence-electron chi connectivity index (χ2n) is 3.80. The number of benzene rings is 1. The number of ketones is 1. The minimum Gasteiger partial charge on any atom is -0.379 e. The molecule has 1 fully saturated rings. The average Bonchev–Trinajstić information content (AvgIpc) is 2.67. The van der Waals surface area contributed by atoms with Crippen LogP contribution in [0.1, 0.15) is 10.4 Å². The molecule has 0 amide bonds. The average molecular weight is 260 g/mol. The van der Waals surface area contributed by atoms with E-state index < -0.39 is 0 Å². The lowest BCUT2D eigenvalue weighted by molar-refractivity contribution is 0.0896. The second kappa shape index (κ2) is 4.72. The maximum Gasteiger partial charge on any atom is 0.171 e. The third-order valence-electron chi connectivity index (χ3n) is 2.66. The quantitative estimate of drug-likeness (QED) is 0.829. The van der Waals surface area contributed by atoms with E-state index in [-0.39, 0.29) is 17.7 Å². The molecule has 1 heterocycles. The molecule has 5 heteroatoms. The highest BCUT2D eigenvalue weighted by Gasteiger charge is 2.32. The van der Waals surface area contributed by atoms with E-state index in [0.29, 0.717) is 28.8 Å². The number of ether oxygens (including phenoxy) is 1. The summed E-state index contributed by atoms with van der Waals surface area (Å²) in [5, 5.41) is 0.883. The third-order valence-corrected chi connectivity index (χ3v) is 3.22. The van der Waals surface area contributed by atoms with Crippen molar-refractivity contribution in [2.45, 2.75) is 6.04 Å². The number of nitrogens with two attached hydrogens (primary N) is 1. The molecular weight excluding hydrogens is 249 g/mol. The smallest absolute Gasteiger partial charge is 0.171 e. The van der Waals surface area contributed by atoms with E-state index in [4.69, 9.17) is 33.7 Å². The van der Waals surface area contributed by atoms with E-state index in [9.17, 15) is 4.79 Å². The van der Waals surface area contributed by atoms with Crippen LogP contribution in [0.25, 0.3) is 0 Å². The molecule has 0 aromatic heterocycles. The van der Waals surface area contributed by atoms with E-state index in [1.807, 2.05) is 0 Å². The Balaban J connectivity index is 2.29. The van der Waals surface area contributed by atoms with Crippen molar-refractivity contribution in [3.8, 4) is 0 Å². The van der Waals surface area contributed by atoms with Crippen molar-refractivity contribution in [1.29, 1.82) is 0 Å². The Labute approximate surface area is 103 Å². The Morgan fingerprint density at radius 2 is 2.12 bits per heavy atom. The number of hydrogen-bond acceptors (Lipinski definition) is 3. The highest BCUT2D eigenvalue weighted by Crippen LogP contribution is 2.25. The molecule has 0 bridgehead atoms. The van der Waals surface area contributed by atoms with E-state index in [1.54, 1.807) is 18.2 Å². The van der Waals surface area contributed by atoms with Gasteiger partial charge in [0.25, 0.3) is 0 Å². The highest BCUT2D eigenvalue weighted by molar-refractivity contribution is 6.36. The van der Waals surface area contributed by atoms with Gasteiger partial charge in [-0.1, -0.05) is 23.2 Å². The first-order chi connectivity index (χ1) is 7.59. The molecule has 1 saturated heterocycles. The molecule has 2 atom stereocenters. The molecule has 0 aliphatic carbocycles. The predicted molar refractivity (Wildman–Crippen MR) is 63.1 cm³/mol. The van der Waals surface area contributed by atoms with Crippen LogP contribution in [0.3, 0.4) is 0 Å². The summed E-state index contributed by atoms with van der Waals surface area (Å²) in [7, 11) is 0. The molecule has 1 aliphatic rings. The topological polar surface area (TPSA) is 52.3 Å². The molecule has 0 saturated carbocycles. The molecule has 2 rings (SSSR count). The van der Waals surface area contributed by atoms with Gasteiger partial charge in [-0.25, -0.2) is 0 Å². The monoisotopic (exact) mass is 259 g/mol. The largest absolute Gasteiger partial charge is 0.379 e. The fraction of sp³-hybridized carbons (Fsp3) is 0.364. The molecule has 1 aromatic rings. The first kappa shape index (κ1) is 11.9. The van der Waals surface area contributed by atoms with Crippen LogP contribution < -0.4 is 5.73 Å². The zero-order valence-electron chi connectivity index (χ0n) is 8.45. The van der Waals surface area contributed by atoms with Crippen molar-refractivity contribution in [2.24, 2.45) is 11.7 Å². The van der Waals surface area contributed by atoms with Crippen molar-refractivity contribution in [3.63, 3.8) is 0 Å². The van der Waals surface area contributed by atoms with Crippen LogP contribution in [0.5, 0.6) is 0 Å². The molecule has 1 aromatic carbocycles. The molecule has 1 aliphatic heterocycles. The summed E-state index contributed by atoms with van der Waals surface area (Å²) in [6, 6.07) is 4.56. The molecule has 16 heavy (non-hydrogen) atoms. The normalized spacial score (nSPS) is 24.7. The van der Waals surface area contributed by atoms with Gasteiger partial charge < -0.3 is 10.5 Å². The Bertz CT molecular complexity index is 422. The Morgan fingerprint density at radius 1 is 1.38 bits per heavy atom. The number of carbonyl (C=O) groups excluding carboxylic acids is 1. The van der Waals surface area contributed by atoms with Crippen LogP contribution in [-0.2, 0) is 4.74 Å². The number of hydrogen-bond donors (Lipinski definition) is 1. The zero-order valence-corrected chi connectivity index (χ0v) is 9.96. The molecule has 86 valence electrons. The van der Waals surface area contributed by atoms with Crippen molar-refractivity contribution in [2.75, 3.05) is 13.2 Å². The summed E-state index contributed by atoms with van der Waals surface area (Å²) in [5.41, 5.74) is 6.20.